The van der Waals surface area contributed by atoms with Crippen molar-refractivity contribution in [2.75, 3.05) is 14.1 Å². The van der Waals surface area contributed by atoms with Gasteiger partial charge in [-0.3, -0.25) is 4.79 Å². The number of amides is 1. The van der Waals surface area contributed by atoms with E-state index in [2.05, 4.69) is 20.8 Å². The molecule has 0 aromatic heterocycles. The lowest BCUT2D eigenvalue weighted by Gasteiger charge is -2.27. The van der Waals surface area contributed by atoms with E-state index in [0.29, 0.717) is 0 Å². The fraction of sp³-hybridized carbons (Fsp3) is 0.938. The molecule has 0 aliphatic heterocycles. The molecule has 0 aromatic carbocycles. The Hall–Kier alpha value is -0.530. The van der Waals surface area contributed by atoms with Gasteiger partial charge in [-0.25, -0.2) is 0 Å². The van der Waals surface area contributed by atoms with Crippen molar-refractivity contribution in [3.63, 3.8) is 0 Å². The second kappa shape index (κ2) is 9.41. The zero-order valence-electron chi connectivity index (χ0n) is 13.2. The Balaban J connectivity index is 3.56. The monoisotopic (exact) mass is 255 g/mol. The van der Waals surface area contributed by atoms with Gasteiger partial charge in [0.05, 0.1) is 0 Å². The fourth-order valence-electron chi connectivity index (χ4n) is 2.41. The molecule has 0 atom stereocenters. The Morgan fingerprint density at radius 1 is 0.889 bits per heavy atom. The molecule has 0 aliphatic rings. The van der Waals surface area contributed by atoms with Crippen LogP contribution < -0.4 is 0 Å². The van der Waals surface area contributed by atoms with Gasteiger partial charge in [-0.05, 0) is 6.42 Å². The lowest BCUT2D eigenvalue weighted by atomic mass is 9.85. The highest BCUT2D eigenvalue weighted by atomic mass is 16.2. The Labute approximate surface area is 114 Å². The Kier molecular flexibility index (Phi) is 9.13. The summed E-state index contributed by atoms with van der Waals surface area (Å²) in [6.45, 7) is 6.39. The van der Waals surface area contributed by atoms with Crippen molar-refractivity contribution in [1.82, 2.24) is 4.90 Å². The standard InChI is InChI=1S/C16H33NO/c1-6-7-8-9-10-11-12-13-14-16(2,3)15(18)17(4)5/h6-14H2,1-5H3. The van der Waals surface area contributed by atoms with Crippen LogP contribution in [0.1, 0.15) is 78.6 Å². The molecular weight excluding hydrogens is 222 g/mol. The van der Waals surface area contributed by atoms with Crippen LogP contribution in [0, 0.1) is 5.41 Å². The van der Waals surface area contributed by atoms with E-state index in [1.165, 1.54) is 51.4 Å². The molecule has 0 radical (unpaired) electrons. The molecule has 0 aromatic rings. The zero-order valence-corrected chi connectivity index (χ0v) is 13.2. The van der Waals surface area contributed by atoms with E-state index in [1.807, 2.05) is 14.1 Å². The summed E-state index contributed by atoms with van der Waals surface area (Å²) in [6, 6.07) is 0. The highest BCUT2D eigenvalue weighted by Gasteiger charge is 2.28. The summed E-state index contributed by atoms with van der Waals surface area (Å²) < 4.78 is 0. The van der Waals surface area contributed by atoms with Gasteiger partial charge in [0.1, 0.15) is 0 Å². The summed E-state index contributed by atoms with van der Waals surface area (Å²) in [4.78, 5) is 13.6. The van der Waals surface area contributed by atoms with Crippen LogP contribution in [0.25, 0.3) is 0 Å². The van der Waals surface area contributed by atoms with E-state index >= 15 is 0 Å². The smallest absolute Gasteiger partial charge is 0.227 e. The van der Waals surface area contributed by atoms with Crippen LogP contribution >= 0.6 is 0 Å². The van der Waals surface area contributed by atoms with Gasteiger partial charge in [-0.2, -0.15) is 0 Å². The molecule has 0 saturated carbocycles. The average Bonchev–Trinajstić information content (AvgIpc) is 2.31. The highest BCUT2D eigenvalue weighted by Crippen LogP contribution is 2.26. The van der Waals surface area contributed by atoms with Crippen LogP contribution in [0.5, 0.6) is 0 Å². The van der Waals surface area contributed by atoms with E-state index in [9.17, 15) is 4.79 Å². The summed E-state index contributed by atoms with van der Waals surface area (Å²) in [7, 11) is 3.69. The molecule has 0 spiro atoms. The number of nitrogens with zero attached hydrogens (tertiary/aromatic N) is 1. The number of hydrogen-bond donors (Lipinski definition) is 0. The van der Waals surface area contributed by atoms with Crippen LogP contribution in [-0.2, 0) is 4.79 Å². The first-order valence-corrected chi connectivity index (χ1v) is 7.63. The lowest BCUT2D eigenvalue weighted by molar-refractivity contribution is -0.138. The van der Waals surface area contributed by atoms with Gasteiger partial charge >= 0.3 is 0 Å². The quantitative estimate of drug-likeness (QED) is 0.521. The third-order valence-electron chi connectivity index (χ3n) is 3.64. The van der Waals surface area contributed by atoms with Crippen LogP contribution in [-0.4, -0.2) is 24.9 Å². The first-order valence-electron chi connectivity index (χ1n) is 7.63. The summed E-state index contributed by atoms with van der Waals surface area (Å²) in [6.07, 6.45) is 11.6. The molecule has 0 unspecified atom stereocenters. The molecule has 0 N–H and O–H groups in total. The summed E-state index contributed by atoms with van der Waals surface area (Å²) in [5.74, 6) is 0.255. The van der Waals surface area contributed by atoms with Crippen molar-refractivity contribution in [2.24, 2.45) is 5.41 Å². The van der Waals surface area contributed by atoms with Crippen molar-refractivity contribution in [2.45, 2.75) is 78.6 Å². The largest absolute Gasteiger partial charge is 0.348 e. The van der Waals surface area contributed by atoms with Crippen LogP contribution in [0.4, 0.5) is 0 Å². The first-order chi connectivity index (χ1) is 8.41. The third kappa shape index (κ3) is 7.73. The number of unbranched alkanes of at least 4 members (excludes halogenated alkanes) is 7. The van der Waals surface area contributed by atoms with Gasteiger partial charge in [0.15, 0.2) is 0 Å². The normalized spacial score (nSPS) is 11.6. The van der Waals surface area contributed by atoms with Gasteiger partial charge in [-0.15, -0.1) is 0 Å². The number of carbonyl (C=O) groups excluding carboxylic acids is 1. The lowest BCUT2D eigenvalue weighted by Crippen LogP contribution is -2.35. The minimum atomic E-state index is -0.189. The van der Waals surface area contributed by atoms with Crippen molar-refractivity contribution in [3.8, 4) is 0 Å². The molecular formula is C16H33NO. The highest BCUT2D eigenvalue weighted by molar-refractivity contribution is 5.81. The van der Waals surface area contributed by atoms with Gasteiger partial charge in [0, 0.05) is 19.5 Å². The van der Waals surface area contributed by atoms with Crippen LogP contribution in [0.2, 0.25) is 0 Å². The van der Waals surface area contributed by atoms with Crippen molar-refractivity contribution < 1.29 is 4.79 Å². The average molecular weight is 255 g/mol. The molecule has 0 heterocycles. The minimum absolute atomic E-state index is 0.189. The number of rotatable bonds is 10. The SMILES string of the molecule is CCCCCCCCCCC(C)(C)C(=O)N(C)C. The Bertz CT molecular complexity index is 221. The molecule has 2 heteroatoms. The minimum Gasteiger partial charge on any atom is -0.348 e. The summed E-state index contributed by atoms with van der Waals surface area (Å²) >= 11 is 0. The molecule has 0 bridgehead atoms. The van der Waals surface area contributed by atoms with Gasteiger partial charge in [0.2, 0.25) is 5.91 Å². The van der Waals surface area contributed by atoms with E-state index < -0.39 is 0 Å². The number of carbonyl (C=O) groups is 1. The second-order valence-corrected chi connectivity index (χ2v) is 6.31. The first kappa shape index (κ1) is 17.5. The van der Waals surface area contributed by atoms with Gasteiger partial charge in [0.25, 0.3) is 0 Å². The molecule has 1 amide bonds. The molecule has 18 heavy (non-hydrogen) atoms. The van der Waals surface area contributed by atoms with Crippen molar-refractivity contribution >= 4 is 5.91 Å². The van der Waals surface area contributed by atoms with E-state index in [4.69, 9.17) is 0 Å². The maximum atomic E-state index is 11.9. The summed E-state index contributed by atoms with van der Waals surface area (Å²) in [5, 5.41) is 0. The Morgan fingerprint density at radius 2 is 1.33 bits per heavy atom. The predicted molar refractivity (Wildman–Crippen MR) is 79.7 cm³/mol. The fourth-order valence-corrected chi connectivity index (χ4v) is 2.41. The van der Waals surface area contributed by atoms with Gasteiger partial charge in [-0.1, -0.05) is 72.1 Å². The van der Waals surface area contributed by atoms with Crippen LogP contribution in [0.15, 0.2) is 0 Å². The van der Waals surface area contributed by atoms with Gasteiger partial charge < -0.3 is 4.90 Å². The van der Waals surface area contributed by atoms with Crippen LogP contribution in [0.3, 0.4) is 0 Å². The predicted octanol–water partition coefficient (Wildman–Crippen LogP) is 4.63. The molecule has 0 saturated heterocycles. The second-order valence-electron chi connectivity index (χ2n) is 6.31. The number of hydrogen-bond acceptors (Lipinski definition) is 1. The van der Waals surface area contributed by atoms with E-state index in [1.54, 1.807) is 4.90 Å². The molecule has 2 nitrogen and oxygen atoms in total. The molecule has 0 rings (SSSR count). The van der Waals surface area contributed by atoms with Crippen molar-refractivity contribution in [3.05, 3.63) is 0 Å². The van der Waals surface area contributed by atoms with E-state index in [-0.39, 0.29) is 11.3 Å². The maximum Gasteiger partial charge on any atom is 0.227 e. The maximum absolute atomic E-state index is 11.9. The molecule has 0 fully saturated rings. The van der Waals surface area contributed by atoms with E-state index in [0.717, 1.165) is 6.42 Å². The Morgan fingerprint density at radius 3 is 1.78 bits per heavy atom. The molecule has 0 aliphatic carbocycles. The molecule has 108 valence electrons. The summed E-state index contributed by atoms with van der Waals surface area (Å²) in [5.41, 5.74) is -0.189. The zero-order chi connectivity index (χ0) is 14.0. The van der Waals surface area contributed by atoms with Crippen molar-refractivity contribution in [1.29, 1.82) is 0 Å². The topological polar surface area (TPSA) is 20.3 Å². The third-order valence-corrected chi connectivity index (χ3v) is 3.64.